The van der Waals surface area contributed by atoms with E-state index in [-0.39, 0.29) is 21.3 Å². The molecule has 0 amide bonds. The van der Waals surface area contributed by atoms with Crippen molar-refractivity contribution in [2.45, 2.75) is 106 Å². The lowest BCUT2D eigenvalue weighted by Crippen LogP contribution is -2.50. The Labute approximate surface area is 164 Å². The first-order chi connectivity index (χ1) is 12.4. The fourth-order valence-corrected chi connectivity index (χ4v) is 8.44. The zero-order chi connectivity index (χ0) is 19.8. The van der Waals surface area contributed by atoms with Crippen molar-refractivity contribution < 1.29 is 13.5 Å². The van der Waals surface area contributed by atoms with Gasteiger partial charge in [0.15, 0.2) is 9.84 Å². The molecule has 4 rings (SSSR count). The predicted molar refractivity (Wildman–Crippen MR) is 110 cm³/mol. The number of sulfone groups is 1. The van der Waals surface area contributed by atoms with E-state index in [4.69, 9.17) is 0 Å². The monoisotopic (exact) mass is 390 g/mol. The van der Waals surface area contributed by atoms with Gasteiger partial charge in [0.05, 0.1) is 16.1 Å². The molecular formula is C23H34O3S. The van der Waals surface area contributed by atoms with Crippen LogP contribution in [-0.4, -0.2) is 24.0 Å². The van der Waals surface area contributed by atoms with E-state index in [1.165, 1.54) is 17.5 Å². The molecule has 4 heteroatoms. The average molecular weight is 391 g/mol. The van der Waals surface area contributed by atoms with Crippen LogP contribution < -0.4 is 0 Å². The Morgan fingerprint density at radius 1 is 0.889 bits per heavy atom. The summed E-state index contributed by atoms with van der Waals surface area (Å²) >= 11 is 0. The standard InChI is InChI=1S/C23H34O3S/c1-15-11-19-20(22(4,5)10-9-21(19,2)3)12-18(15)23(24)13-16-7-6-8-17(14-23)27(16,25)26/h11-12,16-17,24H,6-10,13-14H2,1-5H3. The molecule has 2 fully saturated rings. The highest BCUT2D eigenvalue weighted by atomic mass is 32.2. The molecule has 0 radical (unpaired) electrons. The number of benzene rings is 1. The van der Waals surface area contributed by atoms with Gasteiger partial charge in [0.1, 0.15) is 0 Å². The van der Waals surface area contributed by atoms with Crippen molar-refractivity contribution in [3.05, 3.63) is 34.4 Å². The second kappa shape index (κ2) is 5.82. The third-order valence-electron chi connectivity index (χ3n) is 7.81. The second-order valence-corrected chi connectivity index (χ2v) is 13.2. The molecule has 1 aromatic rings. The normalized spacial score (nSPS) is 36.1. The van der Waals surface area contributed by atoms with Crippen molar-refractivity contribution in [1.29, 1.82) is 0 Å². The van der Waals surface area contributed by atoms with Crippen molar-refractivity contribution in [2.24, 2.45) is 0 Å². The molecule has 1 aliphatic carbocycles. The first-order valence-corrected chi connectivity index (χ1v) is 12.1. The zero-order valence-electron chi connectivity index (χ0n) is 17.4. The molecule has 2 aliphatic heterocycles. The number of fused-ring (bicyclic) bond motifs is 3. The number of hydrogen-bond donors (Lipinski definition) is 1. The average Bonchev–Trinajstić information content (AvgIpc) is 2.53. The number of aryl methyl sites for hydroxylation is 1. The van der Waals surface area contributed by atoms with E-state index in [1.807, 2.05) is 0 Å². The van der Waals surface area contributed by atoms with Gasteiger partial charge in [0.2, 0.25) is 0 Å². The third-order valence-corrected chi connectivity index (χ3v) is 10.5. The summed E-state index contributed by atoms with van der Waals surface area (Å²) in [5.41, 5.74) is 4.03. The van der Waals surface area contributed by atoms with E-state index in [1.54, 1.807) is 0 Å². The highest BCUT2D eigenvalue weighted by Gasteiger charge is 2.52. The van der Waals surface area contributed by atoms with Gasteiger partial charge in [-0.2, -0.15) is 0 Å². The number of rotatable bonds is 1. The van der Waals surface area contributed by atoms with Crippen LogP contribution in [0.2, 0.25) is 0 Å². The van der Waals surface area contributed by atoms with Gasteiger partial charge in [0, 0.05) is 0 Å². The van der Waals surface area contributed by atoms with Gasteiger partial charge in [-0.25, -0.2) is 8.42 Å². The Kier molecular flexibility index (Phi) is 4.19. The minimum absolute atomic E-state index is 0.0836. The molecule has 2 heterocycles. The number of hydrogen-bond acceptors (Lipinski definition) is 3. The molecule has 3 nitrogen and oxygen atoms in total. The SMILES string of the molecule is Cc1cc2c(cc1C1(O)CC3CCCC(C1)S3(=O)=O)C(C)(C)CCC2(C)C. The fraction of sp³-hybridized carbons (Fsp3) is 0.739. The first-order valence-electron chi connectivity index (χ1n) is 10.5. The summed E-state index contributed by atoms with van der Waals surface area (Å²) in [5.74, 6) is 0. The van der Waals surface area contributed by atoms with Gasteiger partial charge in [-0.3, -0.25) is 0 Å². The zero-order valence-corrected chi connectivity index (χ0v) is 18.2. The molecule has 0 spiro atoms. The van der Waals surface area contributed by atoms with Gasteiger partial charge in [0.25, 0.3) is 0 Å². The quantitative estimate of drug-likeness (QED) is 0.759. The van der Waals surface area contributed by atoms with E-state index < -0.39 is 15.4 Å². The molecule has 0 saturated carbocycles. The molecule has 1 aromatic carbocycles. The van der Waals surface area contributed by atoms with Gasteiger partial charge in [-0.1, -0.05) is 46.2 Å². The smallest absolute Gasteiger partial charge is 0.156 e. The molecule has 2 atom stereocenters. The molecule has 27 heavy (non-hydrogen) atoms. The van der Waals surface area contributed by atoms with E-state index in [0.29, 0.717) is 25.7 Å². The molecule has 0 aromatic heterocycles. The lowest BCUT2D eigenvalue weighted by molar-refractivity contribution is 0.00424. The van der Waals surface area contributed by atoms with Gasteiger partial charge in [-0.05, 0) is 78.5 Å². The van der Waals surface area contributed by atoms with Crippen LogP contribution in [0.3, 0.4) is 0 Å². The van der Waals surface area contributed by atoms with E-state index >= 15 is 0 Å². The largest absolute Gasteiger partial charge is 0.385 e. The highest BCUT2D eigenvalue weighted by Crippen LogP contribution is 2.51. The molecule has 3 aliphatic rings. The lowest BCUT2D eigenvalue weighted by atomic mass is 9.62. The summed E-state index contributed by atoms with van der Waals surface area (Å²) in [5, 5.41) is 10.9. The van der Waals surface area contributed by atoms with Crippen molar-refractivity contribution in [3.63, 3.8) is 0 Å². The van der Waals surface area contributed by atoms with Crippen LogP contribution in [0, 0.1) is 6.92 Å². The summed E-state index contributed by atoms with van der Waals surface area (Å²) < 4.78 is 25.4. The van der Waals surface area contributed by atoms with Crippen LogP contribution in [0.25, 0.3) is 0 Å². The molecule has 2 bridgehead atoms. The van der Waals surface area contributed by atoms with Crippen LogP contribution in [0.5, 0.6) is 0 Å². The Morgan fingerprint density at radius 3 is 1.89 bits per heavy atom. The third kappa shape index (κ3) is 2.90. The van der Waals surface area contributed by atoms with E-state index in [0.717, 1.165) is 24.0 Å². The first kappa shape index (κ1) is 19.4. The number of aliphatic hydroxyl groups is 1. The summed E-state index contributed by atoms with van der Waals surface area (Å²) in [7, 11) is -3.08. The molecule has 2 unspecified atom stereocenters. The van der Waals surface area contributed by atoms with Crippen molar-refractivity contribution in [1.82, 2.24) is 0 Å². The van der Waals surface area contributed by atoms with Crippen LogP contribution in [0.1, 0.15) is 94.9 Å². The Morgan fingerprint density at radius 2 is 1.37 bits per heavy atom. The fourth-order valence-electron chi connectivity index (χ4n) is 5.89. The Hall–Kier alpha value is -0.870. The van der Waals surface area contributed by atoms with Gasteiger partial charge < -0.3 is 5.11 Å². The maximum atomic E-state index is 12.7. The van der Waals surface area contributed by atoms with Crippen LogP contribution in [0.4, 0.5) is 0 Å². The van der Waals surface area contributed by atoms with Gasteiger partial charge in [-0.15, -0.1) is 0 Å². The summed E-state index contributed by atoms with van der Waals surface area (Å²) in [6.45, 7) is 11.3. The predicted octanol–water partition coefficient (Wildman–Crippen LogP) is 4.66. The van der Waals surface area contributed by atoms with Gasteiger partial charge >= 0.3 is 0 Å². The lowest BCUT2D eigenvalue weighted by Gasteiger charge is -2.46. The molecule has 150 valence electrons. The minimum atomic E-state index is -3.08. The Balaban J connectivity index is 1.84. The summed E-state index contributed by atoms with van der Waals surface area (Å²) in [6, 6.07) is 4.52. The minimum Gasteiger partial charge on any atom is -0.385 e. The Bertz CT molecular complexity index is 859. The molecular weight excluding hydrogens is 356 g/mol. The molecule has 1 N–H and O–H groups in total. The summed E-state index contributed by atoms with van der Waals surface area (Å²) in [4.78, 5) is 0. The van der Waals surface area contributed by atoms with Crippen molar-refractivity contribution in [3.8, 4) is 0 Å². The van der Waals surface area contributed by atoms with E-state index in [2.05, 4.69) is 46.8 Å². The topological polar surface area (TPSA) is 54.4 Å². The van der Waals surface area contributed by atoms with Crippen molar-refractivity contribution >= 4 is 9.84 Å². The van der Waals surface area contributed by atoms with Crippen LogP contribution >= 0.6 is 0 Å². The van der Waals surface area contributed by atoms with E-state index in [9.17, 15) is 13.5 Å². The summed E-state index contributed by atoms with van der Waals surface area (Å²) in [6.07, 6.45) is 5.37. The molecule has 2 saturated heterocycles. The van der Waals surface area contributed by atoms with Crippen LogP contribution in [-0.2, 0) is 26.3 Å². The highest BCUT2D eigenvalue weighted by molar-refractivity contribution is 7.92. The maximum Gasteiger partial charge on any atom is 0.156 e. The van der Waals surface area contributed by atoms with Crippen molar-refractivity contribution in [2.75, 3.05) is 0 Å². The second-order valence-electron chi connectivity index (χ2n) is 10.7. The maximum absolute atomic E-state index is 12.7. The van der Waals surface area contributed by atoms with Crippen LogP contribution in [0.15, 0.2) is 12.1 Å².